The van der Waals surface area contributed by atoms with Crippen molar-refractivity contribution in [1.82, 2.24) is 0 Å². The van der Waals surface area contributed by atoms with Gasteiger partial charge in [-0.05, 0) is 0 Å². The zero-order valence-corrected chi connectivity index (χ0v) is 10.3. The molecule has 1 heteroatoms. The first-order chi connectivity index (χ1) is 5.77. The maximum atomic E-state index is 2.38. The summed E-state index contributed by atoms with van der Waals surface area (Å²) in [6.45, 7) is 2.27. The van der Waals surface area contributed by atoms with E-state index in [9.17, 15) is 0 Å². The molecule has 1 aliphatic rings. The van der Waals surface area contributed by atoms with Crippen LogP contribution in [0.3, 0.4) is 0 Å². The van der Waals surface area contributed by atoms with Gasteiger partial charge in [0.25, 0.3) is 0 Å². The van der Waals surface area contributed by atoms with Crippen molar-refractivity contribution in [3.05, 3.63) is 24.3 Å². The van der Waals surface area contributed by atoms with Gasteiger partial charge in [0, 0.05) is 0 Å². The van der Waals surface area contributed by atoms with Gasteiger partial charge in [0.1, 0.15) is 0 Å². The Morgan fingerprint density at radius 2 is 1.75 bits per heavy atom. The van der Waals surface area contributed by atoms with Crippen LogP contribution in [0.25, 0.3) is 0 Å². The quantitative estimate of drug-likeness (QED) is 0.440. The first-order valence-electron chi connectivity index (χ1n) is 5.14. The molecule has 0 atom stereocenters. The van der Waals surface area contributed by atoms with E-state index < -0.39 is 0 Å². The number of allylic oxidation sites excluding steroid dienone is 4. The van der Waals surface area contributed by atoms with Crippen LogP contribution in [0.4, 0.5) is 0 Å². The normalized spacial score (nSPS) is 18.9. The van der Waals surface area contributed by atoms with Gasteiger partial charge < -0.3 is 0 Å². The molecular weight excluding hydrogens is 155 g/mol. The van der Waals surface area contributed by atoms with Crippen LogP contribution in [0.5, 0.6) is 0 Å². The number of unbranched alkanes of at least 4 members (excludes halogenated alkanes) is 3. The summed E-state index contributed by atoms with van der Waals surface area (Å²) in [5.74, 6) is 0. The zero-order valence-electron chi connectivity index (χ0n) is 8.34. The van der Waals surface area contributed by atoms with Crippen molar-refractivity contribution in [2.24, 2.45) is 0 Å². The van der Waals surface area contributed by atoms with Gasteiger partial charge in [0.05, 0.1) is 0 Å². The SMILES string of the molecule is CCCCCC[C]1([Na])C=CC=C1. The van der Waals surface area contributed by atoms with Gasteiger partial charge in [0.2, 0.25) is 0 Å². The van der Waals surface area contributed by atoms with Gasteiger partial charge in [-0.3, -0.25) is 0 Å². The fourth-order valence-corrected chi connectivity index (χ4v) is 2.44. The Balaban J connectivity index is 2.14. The molecule has 0 aromatic heterocycles. The molecule has 0 aliphatic heterocycles. The van der Waals surface area contributed by atoms with Crippen LogP contribution in [-0.2, 0) is 0 Å². The van der Waals surface area contributed by atoms with Crippen molar-refractivity contribution in [2.45, 2.75) is 41.7 Å². The van der Waals surface area contributed by atoms with E-state index in [1.807, 2.05) is 0 Å². The number of rotatable bonds is 5. The number of hydrogen-bond acceptors (Lipinski definition) is 0. The van der Waals surface area contributed by atoms with Crippen LogP contribution in [0, 0.1) is 0 Å². The molecule has 62 valence electrons. The molecule has 0 spiro atoms. The standard InChI is InChI=1S/C11H17.Na/c1-2-3-4-5-8-11-9-6-7-10-11;/h6-7,9-10H,2-5,8H2,1H3;. The van der Waals surface area contributed by atoms with E-state index in [0.29, 0.717) is 2.66 Å². The third-order valence-corrected chi connectivity index (χ3v) is 3.80. The van der Waals surface area contributed by atoms with E-state index in [1.54, 1.807) is 0 Å². The molecule has 0 saturated heterocycles. The molecule has 1 rings (SSSR count). The molecule has 0 bridgehead atoms. The molecule has 0 aromatic rings. The van der Waals surface area contributed by atoms with Crippen molar-refractivity contribution in [2.75, 3.05) is 0 Å². The van der Waals surface area contributed by atoms with E-state index in [0.717, 1.165) is 0 Å². The molecule has 0 unspecified atom stereocenters. The Kier molecular flexibility index (Phi) is 4.63. The Hall–Kier alpha value is 0.480. The van der Waals surface area contributed by atoms with E-state index >= 15 is 0 Å². The molecule has 0 amide bonds. The minimum atomic E-state index is 0.522. The second kappa shape index (κ2) is 5.26. The first-order valence-corrected chi connectivity index (χ1v) is 6.14. The monoisotopic (exact) mass is 172 g/mol. The number of hydrogen-bond donors (Lipinski definition) is 0. The Morgan fingerprint density at radius 1 is 1.08 bits per heavy atom. The third-order valence-electron chi connectivity index (χ3n) is 2.63. The molecule has 12 heavy (non-hydrogen) atoms. The van der Waals surface area contributed by atoms with Crippen molar-refractivity contribution < 1.29 is 0 Å². The topological polar surface area (TPSA) is 0 Å². The fraction of sp³-hybridized carbons (Fsp3) is 0.636. The van der Waals surface area contributed by atoms with Gasteiger partial charge >= 0.3 is 93.9 Å². The van der Waals surface area contributed by atoms with Gasteiger partial charge in [-0.1, -0.05) is 0 Å². The minimum absolute atomic E-state index is 0.522. The predicted molar refractivity (Wildman–Crippen MR) is 55.5 cm³/mol. The second-order valence-electron chi connectivity index (χ2n) is 4.03. The van der Waals surface area contributed by atoms with Crippen molar-refractivity contribution in [3.8, 4) is 0 Å². The van der Waals surface area contributed by atoms with Gasteiger partial charge in [-0.2, -0.15) is 0 Å². The van der Waals surface area contributed by atoms with Crippen LogP contribution < -0.4 is 0 Å². The predicted octanol–water partition coefficient (Wildman–Crippen LogP) is 3.41. The van der Waals surface area contributed by atoms with Gasteiger partial charge in [0.15, 0.2) is 0 Å². The average Bonchev–Trinajstić information content (AvgIpc) is 2.47. The summed E-state index contributed by atoms with van der Waals surface area (Å²) in [5.41, 5.74) is 0. The van der Waals surface area contributed by atoms with E-state index in [1.165, 1.54) is 60.0 Å². The van der Waals surface area contributed by atoms with Crippen LogP contribution in [0.1, 0.15) is 39.0 Å². The molecule has 0 nitrogen and oxygen atoms in total. The van der Waals surface area contributed by atoms with E-state index in [2.05, 4.69) is 31.2 Å². The summed E-state index contributed by atoms with van der Waals surface area (Å²) in [5, 5.41) is 0. The Bertz CT molecular complexity index is 167. The summed E-state index contributed by atoms with van der Waals surface area (Å²) in [4.78, 5) is 0. The zero-order chi connectivity index (χ0) is 8.86. The van der Waals surface area contributed by atoms with Crippen molar-refractivity contribution in [3.63, 3.8) is 0 Å². The van der Waals surface area contributed by atoms with Gasteiger partial charge in [-0.15, -0.1) is 0 Å². The summed E-state index contributed by atoms with van der Waals surface area (Å²) in [6.07, 6.45) is 16.1. The molecular formula is C11H17Na. The fourth-order valence-electron chi connectivity index (χ4n) is 1.71. The van der Waals surface area contributed by atoms with Gasteiger partial charge in [-0.25, -0.2) is 0 Å². The van der Waals surface area contributed by atoms with Crippen LogP contribution in [0.15, 0.2) is 24.3 Å². The molecule has 0 aromatic carbocycles. The van der Waals surface area contributed by atoms with Crippen LogP contribution in [-0.4, -0.2) is 27.9 Å². The molecule has 0 heterocycles. The van der Waals surface area contributed by atoms with Crippen molar-refractivity contribution >= 4 is 27.9 Å². The second-order valence-corrected chi connectivity index (χ2v) is 5.90. The summed E-state index contributed by atoms with van der Waals surface area (Å²) >= 11 is 1.28. The van der Waals surface area contributed by atoms with Crippen LogP contribution >= 0.6 is 0 Å². The third kappa shape index (κ3) is 3.47. The summed E-state index contributed by atoms with van der Waals surface area (Å²) in [6, 6.07) is 0. The molecule has 0 fully saturated rings. The van der Waals surface area contributed by atoms with Crippen molar-refractivity contribution in [1.29, 1.82) is 0 Å². The summed E-state index contributed by atoms with van der Waals surface area (Å²) in [7, 11) is 0. The molecule has 0 N–H and O–H groups in total. The first kappa shape index (κ1) is 10.6. The molecule has 0 saturated carbocycles. The average molecular weight is 172 g/mol. The summed E-state index contributed by atoms with van der Waals surface area (Å²) < 4.78 is 0.522. The molecule has 0 radical (unpaired) electrons. The maximum absolute atomic E-state index is 2.38. The molecule has 1 aliphatic carbocycles. The van der Waals surface area contributed by atoms with Crippen LogP contribution in [0.2, 0.25) is 2.66 Å². The Labute approximate surface area is 93.5 Å². The van der Waals surface area contributed by atoms with E-state index in [4.69, 9.17) is 0 Å². The van der Waals surface area contributed by atoms with E-state index in [-0.39, 0.29) is 0 Å². The Morgan fingerprint density at radius 3 is 2.33 bits per heavy atom.